The molecule has 0 radical (unpaired) electrons. The molecule has 72 valence electrons. The standard InChI is InChI=1S/C10H13ClOS/c1-7(2)12-9-5-4-8(11)6-10(9)13-3/h4-7H,1-3H3. The van der Waals surface area contributed by atoms with Crippen LogP contribution >= 0.6 is 23.4 Å². The molecule has 3 heteroatoms. The summed E-state index contributed by atoms with van der Waals surface area (Å²) < 4.78 is 5.61. The lowest BCUT2D eigenvalue weighted by atomic mass is 10.3. The first-order chi connectivity index (χ1) is 6.13. The van der Waals surface area contributed by atoms with E-state index >= 15 is 0 Å². The molecule has 0 heterocycles. The monoisotopic (exact) mass is 216 g/mol. The molecule has 0 saturated carbocycles. The van der Waals surface area contributed by atoms with Crippen LogP contribution in [-0.4, -0.2) is 12.4 Å². The highest BCUT2D eigenvalue weighted by Crippen LogP contribution is 2.30. The van der Waals surface area contributed by atoms with Crippen LogP contribution < -0.4 is 4.74 Å². The van der Waals surface area contributed by atoms with Crippen molar-refractivity contribution >= 4 is 23.4 Å². The van der Waals surface area contributed by atoms with Crippen molar-refractivity contribution < 1.29 is 4.74 Å². The number of thioether (sulfide) groups is 1. The Hall–Kier alpha value is -0.340. The van der Waals surface area contributed by atoms with Gasteiger partial charge in [-0.1, -0.05) is 11.6 Å². The fourth-order valence-electron chi connectivity index (χ4n) is 0.993. The molecule has 0 unspecified atom stereocenters. The second-order valence-corrected chi connectivity index (χ2v) is 4.25. The third kappa shape index (κ3) is 3.12. The van der Waals surface area contributed by atoms with Crippen molar-refractivity contribution in [3.05, 3.63) is 23.2 Å². The molecule has 0 fully saturated rings. The van der Waals surface area contributed by atoms with E-state index in [0.717, 1.165) is 15.7 Å². The molecule has 0 aliphatic heterocycles. The Balaban J connectivity index is 2.92. The summed E-state index contributed by atoms with van der Waals surface area (Å²) in [5.74, 6) is 0.909. The third-order valence-electron chi connectivity index (χ3n) is 1.49. The minimum atomic E-state index is 0.201. The largest absolute Gasteiger partial charge is 0.490 e. The van der Waals surface area contributed by atoms with Crippen molar-refractivity contribution in [2.24, 2.45) is 0 Å². The molecule has 0 N–H and O–H groups in total. The number of halogens is 1. The van der Waals surface area contributed by atoms with Crippen LogP contribution in [-0.2, 0) is 0 Å². The van der Waals surface area contributed by atoms with Crippen molar-refractivity contribution in [2.75, 3.05) is 6.26 Å². The quantitative estimate of drug-likeness (QED) is 0.710. The summed E-state index contributed by atoms with van der Waals surface area (Å²) >= 11 is 7.51. The van der Waals surface area contributed by atoms with E-state index in [1.165, 1.54) is 0 Å². The van der Waals surface area contributed by atoms with Crippen LogP contribution in [0.4, 0.5) is 0 Å². The summed E-state index contributed by atoms with van der Waals surface area (Å²) in [6.07, 6.45) is 2.21. The molecule has 0 bridgehead atoms. The lowest BCUT2D eigenvalue weighted by Crippen LogP contribution is -2.06. The molecule has 0 aliphatic rings. The Bertz CT molecular complexity index is 286. The summed E-state index contributed by atoms with van der Waals surface area (Å²) in [6.45, 7) is 4.03. The van der Waals surface area contributed by atoms with Crippen LogP contribution in [0.1, 0.15) is 13.8 Å². The number of rotatable bonds is 3. The average molecular weight is 217 g/mol. The number of benzene rings is 1. The number of hydrogen-bond acceptors (Lipinski definition) is 2. The lowest BCUT2D eigenvalue weighted by molar-refractivity contribution is 0.236. The highest BCUT2D eigenvalue weighted by molar-refractivity contribution is 7.98. The molecular formula is C10H13ClOS. The van der Waals surface area contributed by atoms with Gasteiger partial charge in [-0.15, -0.1) is 11.8 Å². The van der Waals surface area contributed by atoms with Gasteiger partial charge in [-0.25, -0.2) is 0 Å². The van der Waals surface area contributed by atoms with E-state index in [2.05, 4.69) is 0 Å². The van der Waals surface area contributed by atoms with Gasteiger partial charge < -0.3 is 4.74 Å². The topological polar surface area (TPSA) is 9.23 Å². The van der Waals surface area contributed by atoms with Gasteiger partial charge >= 0.3 is 0 Å². The zero-order chi connectivity index (χ0) is 9.84. The van der Waals surface area contributed by atoms with Gasteiger partial charge in [-0.2, -0.15) is 0 Å². The van der Waals surface area contributed by atoms with E-state index in [0.29, 0.717) is 0 Å². The van der Waals surface area contributed by atoms with Gasteiger partial charge in [0, 0.05) is 5.02 Å². The van der Waals surface area contributed by atoms with Gasteiger partial charge in [0.25, 0.3) is 0 Å². The summed E-state index contributed by atoms with van der Waals surface area (Å²) in [7, 11) is 0. The van der Waals surface area contributed by atoms with Crippen molar-refractivity contribution in [3.63, 3.8) is 0 Å². The fourth-order valence-corrected chi connectivity index (χ4v) is 1.79. The maximum atomic E-state index is 5.86. The first-order valence-electron chi connectivity index (χ1n) is 4.13. The molecule has 0 aliphatic carbocycles. The van der Waals surface area contributed by atoms with Gasteiger partial charge in [0.15, 0.2) is 0 Å². The van der Waals surface area contributed by atoms with Crippen LogP contribution in [0.5, 0.6) is 5.75 Å². The molecule has 13 heavy (non-hydrogen) atoms. The maximum Gasteiger partial charge on any atom is 0.133 e. The molecule has 0 saturated heterocycles. The normalized spacial score (nSPS) is 10.5. The first kappa shape index (κ1) is 10.7. The fraction of sp³-hybridized carbons (Fsp3) is 0.400. The van der Waals surface area contributed by atoms with Crippen molar-refractivity contribution in [1.29, 1.82) is 0 Å². The van der Waals surface area contributed by atoms with Crippen LogP contribution in [0.15, 0.2) is 23.1 Å². The Morgan fingerprint density at radius 3 is 2.62 bits per heavy atom. The summed E-state index contributed by atoms with van der Waals surface area (Å²) in [5.41, 5.74) is 0. The summed E-state index contributed by atoms with van der Waals surface area (Å²) in [5, 5.41) is 0.750. The Morgan fingerprint density at radius 2 is 2.08 bits per heavy atom. The number of hydrogen-bond donors (Lipinski definition) is 0. The van der Waals surface area contributed by atoms with Crippen LogP contribution in [0.2, 0.25) is 5.02 Å². The Labute approximate surface area is 88.4 Å². The first-order valence-corrected chi connectivity index (χ1v) is 5.74. The zero-order valence-electron chi connectivity index (χ0n) is 8.00. The van der Waals surface area contributed by atoms with Crippen molar-refractivity contribution in [2.45, 2.75) is 24.8 Å². The summed E-state index contributed by atoms with van der Waals surface area (Å²) in [4.78, 5) is 1.08. The molecule has 0 aromatic heterocycles. The predicted molar refractivity (Wildman–Crippen MR) is 59.0 cm³/mol. The van der Waals surface area contributed by atoms with Gasteiger partial charge in [-0.05, 0) is 38.3 Å². The van der Waals surface area contributed by atoms with Gasteiger partial charge in [0.05, 0.1) is 11.0 Å². The Morgan fingerprint density at radius 1 is 1.38 bits per heavy atom. The smallest absolute Gasteiger partial charge is 0.133 e. The molecule has 0 spiro atoms. The van der Waals surface area contributed by atoms with E-state index < -0.39 is 0 Å². The highest BCUT2D eigenvalue weighted by Gasteiger charge is 2.04. The second kappa shape index (κ2) is 4.77. The van der Waals surface area contributed by atoms with E-state index in [1.807, 2.05) is 38.3 Å². The third-order valence-corrected chi connectivity index (χ3v) is 2.48. The van der Waals surface area contributed by atoms with Gasteiger partial charge in [-0.3, -0.25) is 0 Å². The average Bonchev–Trinajstić information content (AvgIpc) is 2.07. The minimum Gasteiger partial charge on any atom is -0.490 e. The molecule has 1 rings (SSSR count). The minimum absolute atomic E-state index is 0.201. The zero-order valence-corrected chi connectivity index (χ0v) is 9.58. The molecule has 1 aromatic carbocycles. The summed E-state index contributed by atoms with van der Waals surface area (Å²) in [6, 6.07) is 5.68. The van der Waals surface area contributed by atoms with Gasteiger partial charge in [0.2, 0.25) is 0 Å². The van der Waals surface area contributed by atoms with Crippen molar-refractivity contribution in [1.82, 2.24) is 0 Å². The van der Waals surface area contributed by atoms with Crippen LogP contribution in [0.25, 0.3) is 0 Å². The lowest BCUT2D eigenvalue weighted by Gasteiger charge is -2.12. The molecule has 1 aromatic rings. The van der Waals surface area contributed by atoms with E-state index in [1.54, 1.807) is 11.8 Å². The van der Waals surface area contributed by atoms with Crippen LogP contribution in [0, 0.1) is 0 Å². The van der Waals surface area contributed by atoms with Gasteiger partial charge in [0.1, 0.15) is 5.75 Å². The van der Waals surface area contributed by atoms with E-state index in [4.69, 9.17) is 16.3 Å². The van der Waals surface area contributed by atoms with E-state index in [-0.39, 0.29) is 6.10 Å². The molecule has 1 nitrogen and oxygen atoms in total. The van der Waals surface area contributed by atoms with E-state index in [9.17, 15) is 0 Å². The van der Waals surface area contributed by atoms with Crippen molar-refractivity contribution in [3.8, 4) is 5.75 Å². The number of ether oxygens (including phenoxy) is 1. The SMILES string of the molecule is CSc1cc(Cl)ccc1OC(C)C. The Kier molecular flexibility index (Phi) is 3.94. The maximum absolute atomic E-state index is 5.86. The van der Waals surface area contributed by atoms with Crippen LogP contribution in [0.3, 0.4) is 0 Å². The predicted octanol–water partition coefficient (Wildman–Crippen LogP) is 3.85. The molecular weight excluding hydrogens is 204 g/mol. The highest BCUT2D eigenvalue weighted by atomic mass is 35.5. The second-order valence-electron chi connectivity index (χ2n) is 2.96. The molecule has 0 atom stereocenters. The molecule has 0 amide bonds.